The summed E-state index contributed by atoms with van der Waals surface area (Å²) in [5.41, 5.74) is 8.13. The number of benzene rings is 2. The average molecular weight is 399 g/mol. The SMILES string of the molecule is Cc1ccc(Cn2nc(C)c(NC(=O)c3cc(-c4ccc(C)cc4)n[nH]3)c2C)cc1. The highest BCUT2D eigenvalue weighted by Gasteiger charge is 2.17. The smallest absolute Gasteiger partial charge is 0.273 e. The zero-order chi connectivity index (χ0) is 21.3. The van der Waals surface area contributed by atoms with Gasteiger partial charge in [0.15, 0.2) is 0 Å². The van der Waals surface area contributed by atoms with Crippen LogP contribution in [0.5, 0.6) is 0 Å². The molecule has 0 aliphatic carbocycles. The van der Waals surface area contributed by atoms with Crippen LogP contribution in [-0.4, -0.2) is 25.9 Å². The molecule has 0 spiro atoms. The Morgan fingerprint density at radius 3 is 2.27 bits per heavy atom. The van der Waals surface area contributed by atoms with Gasteiger partial charge in [-0.15, -0.1) is 0 Å². The second-order valence-electron chi connectivity index (χ2n) is 7.68. The van der Waals surface area contributed by atoms with E-state index in [-0.39, 0.29) is 5.91 Å². The van der Waals surface area contributed by atoms with Gasteiger partial charge in [-0.1, -0.05) is 59.7 Å². The van der Waals surface area contributed by atoms with Crippen LogP contribution in [0.4, 0.5) is 5.69 Å². The third-order valence-corrected chi connectivity index (χ3v) is 5.24. The van der Waals surface area contributed by atoms with Gasteiger partial charge in [0.25, 0.3) is 5.91 Å². The maximum atomic E-state index is 12.8. The zero-order valence-corrected chi connectivity index (χ0v) is 17.7. The van der Waals surface area contributed by atoms with Crippen molar-refractivity contribution < 1.29 is 4.79 Å². The van der Waals surface area contributed by atoms with Gasteiger partial charge < -0.3 is 5.32 Å². The third kappa shape index (κ3) is 4.03. The van der Waals surface area contributed by atoms with Crippen molar-refractivity contribution in [1.29, 1.82) is 0 Å². The minimum Gasteiger partial charge on any atom is -0.318 e. The van der Waals surface area contributed by atoms with Gasteiger partial charge in [-0.2, -0.15) is 10.2 Å². The Balaban J connectivity index is 1.51. The van der Waals surface area contributed by atoms with E-state index in [0.29, 0.717) is 12.2 Å². The molecule has 4 aromatic rings. The van der Waals surface area contributed by atoms with E-state index in [1.807, 2.05) is 49.7 Å². The molecule has 0 atom stereocenters. The lowest BCUT2D eigenvalue weighted by molar-refractivity contribution is 0.102. The van der Waals surface area contributed by atoms with Gasteiger partial charge in [0.05, 0.1) is 29.3 Å². The van der Waals surface area contributed by atoms with Gasteiger partial charge in [0.2, 0.25) is 0 Å². The van der Waals surface area contributed by atoms with Crippen LogP contribution in [0, 0.1) is 27.7 Å². The molecule has 2 aromatic carbocycles. The number of aryl methyl sites for hydroxylation is 3. The van der Waals surface area contributed by atoms with Gasteiger partial charge in [-0.3, -0.25) is 14.6 Å². The quantitative estimate of drug-likeness (QED) is 0.506. The fourth-order valence-electron chi connectivity index (χ4n) is 3.39. The molecule has 6 heteroatoms. The number of nitrogens with zero attached hydrogens (tertiary/aromatic N) is 3. The van der Waals surface area contributed by atoms with E-state index in [4.69, 9.17) is 0 Å². The zero-order valence-electron chi connectivity index (χ0n) is 17.7. The maximum Gasteiger partial charge on any atom is 0.273 e. The van der Waals surface area contributed by atoms with E-state index in [0.717, 1.165) is 28.3 Å². The molecule has 4 rings (SSSR count). The topological polar surface area (TPSA) is 75.6 Å². The maximum absolute atomic E-state index is 12.8. The first-order valence-electron chi connectivity index (χ1n) is 9.94. The minimum atomic E-state index is -0.234. The minimum absolute atomic E-state index is 0.234. The Bertz CT molecular complexity index is 1180. The molecule has 0 aliphatic heterocycles. The molecule has 152 valence electrons. The number of hydrogen-bond acceptors (Lipinski definition) is 3. The number of H-pyrrole nitrogens is 1. The molecule has 0 bridgehead atoms. The second-order valence-corrected chi connectivity index (χ2v) is 7.68. The molecule has 0 aliphatic rings. The number of rotatable bonds is 5. The number of aromatic nitrogens is 4. The van der Waals surface area contributed by atoms with Gasteiger partial charge in [-0.05, 0) is 39.3 Å². The molecule has 2 N–H and O–H groups in total. The molecule has 0 radical (unpaired) electrons. The van der Waals surface area contributed by atoms with Crippen molar-refractivity contribution in [3.63, 3.8) is 0 Å². The first kappa shape index (κ1) is 19.6. The van der Waals surface area contributed by atoms with E-state index in [9.17, 15) is 4.79 Å². The van der Waals surface area contributed by atoms with Crippen LogP contribution in [0.1, 0.15) is 38.6 Å². The van der Waals surface area contributed by atoms with E-state index in [1.165, 1.54) is 16.7 Å². The summed E-state index contributed by atoms with van der Waals surface area (Å²) in [6.07, 6.45) is 0. The van der Waals surface area contributed by atoms with Crippen LogP contribution in [0.15, 0.2) is 54.6 Å². The number of carbonyl (C=O) groups excluding carboxylic acids is 1. The Hall–Kier alpha value is -3.67. The number of nitrogens with one attached hydrogen (secondary N) is 2. The summed E-state index contributed by atoms with van der Waals surface area (Å²) in [7, 11) is 0. The summed E-state index contributed by atoms with van der Waals surface area (Å²) in [6.45, 7) is 8.63. The van der Waals surface area contributed by atoms with Crippen molar-refractivity contribution in [3.8, 4) is 11.3 Å². The van der Waals surface area contributed by atoms with Crippen molar-refractivity contribution in [2.24, 2.45) is 0 Å². The third-order valence-electron chi connectivity index (χ3n) is 5.24. The largest absolute Gasteiger partial charge is 0.318 e. The summed E-state index contributed by atoms with van der Waals surface area (Å²) in [5.74, 6) is -0.234. The predicted octanol–water partition coefficient (Wildman–Crippen LogP) is 4.81. The molecular formula is C24H25N5O. The number of amides is 1. The molecule has 2 heterocycles. The van der Waals surface area contributed by atoms with E-state index in [1.54, 1.807) is 6.07 Å². The standard InChI is InChI=1S/C24H25N5O/c1-15-5-9-19(10-6-15)14-29-18(4)23(17(3)28-29)25-24(30)22-13-21(26-27-22)20-11-7-16(2)8-12-20/h5-13H,14H2,1-4H3,(H,25,30)(H,26,27). The first-order valence-corrected chi connectivity index (χ1v) is 9.94. The lowest BCUT2D eigenvalue weighted by Gasteiger charge is -2.07. The van der Waals surface area contributed by atoms with Crippen LogP contribution in [0.25, 0.3) is 11.3 Å². The molecule has 0 saturated carbocycles. The fraction of sp³-hybridized carbons (Fsp3) is 0.208. The van der Waals surface area contributed by atoms with E-state index < -0.39 is 0 Å². The van der Waals surface area contributed by atoms with Crippen molar-refractivity contribution in [3.05, 3.63) is 88.4 Å². The summed E-state index contributed by atoms with van der Waals surface area (Å²) < 4.78 is 1.92. The Morgan fingerprint density at radius 1 is 0.967 bits per heavy atom. The van der Waals surface area contributed by atoms with Gasteiger partial charge in [0, 0.05) is 5.56 Å². The average Bonchev–Trinajstić information content (AvgIpc) is 3.32. The number of carbonyl (C=O) groups is 1. The predicted molar refractivity (Wildman–Crippen MR) is 119 cm³/mol. The normalized spacial score (nSPS) is 10.9. The highest BCUT2D eigenvalue weighted by molar-refractivity contribution is 6.04. The molecule has 0 unspecified atom stereocenters. The van der Waals surface area contributed by atoms with Gasteiger partial charge >= 0.3 is 0 Å². The van der Waals surface area contributed by atoms with Crippen LogP contribution in [-0.2, 0) is 6.54 Å². The van der Waals surface area contributed by atoms with Gasteiger partial charge in [0.1, 0.15) is 5.69 Å². The molecule has 6 nitrogen and oxygen atoms in total. The summed E-state index contributed by atoms with van der Waals surface area (Å²) >= 11 is 0. The second kappa shape index (κ2) is 7.99. The van der Waals surface area contributed by atoms with Crippen LogP contribution in [0.2, 0.25) is 0 Å². The lowest BCUT2D eigenvalue weighted by Crippen LogP contribution is -2.14. The molecule has 30 heavy (non-hydrogen) atoms. The summed E-state index contributed by atoms with van der Waals surface area (Å²) in [5, 5.41) is 14.7. The van der Waals surface area contributed by atoms with Crippen LogP contribution < -0.4 is 5.32 Å². The Morgan fingerprint density at radius 2 is 1.60 bits per heavy atom. The number of hydrogen-bond donors (Lipinski definition) is 2. The summed E-state index contributed by atoms with van der Waals surface area (Å²) in [4.78, 5) is 12.8. The van der Waals surface area contributed by atoms with Crippen molar-refractivity contribution in [1.82, 2.24) is 20.0 Å². The fourth-order valence-corrected chi connectivity index (χ4v) is 3.39. The highest BCUT2D eigenvalue weighted by Crippen LogP contribution is 2.23. The molecule has 2 aromatic heterocycles. The Labute approximate surface area is 176 Å². The lowest BCUT2D eigenvalue weighted by atomic mass is 10.1. The molecule has 0 fully saturated rings. The molecular weight excluding hydrogens is 374 g/mol. The van der Waals surface area contributed by atoms with E-state index in [2.05, 4.69) is 51.8 Å². The van der Waals surface area contributed by atoms with Crippen molar-refractivity contribution in [2.45, 2.75) is 34.2 Å². The van der Waals surface area contributed by atoms with Gasteiger partial charge in [-0.25, -0.2) is 0 Å². The number of aromatic amines is 1. The summed E-state index contributed by atoms with van der Waals surface area (Å²) in [6, 6.07) is 18.2. The Kier molecular flexibility index (Phi) is 5.23. The highest BCUT2D eigenvalue weighted by atomic mass is 16.2. The monoisotopic (exact) mass is 399 g/mol. The van der Waals surface area contributed by atoms with E-state index >= 15 is 0 Å². The van der Waals surface area contributed by atoms with Crippen molar-refractivity contribution in [2.75, 3.05) is 5.32 Å². The van der Waals surface area contributed by atoms with Crippen LogP contribution >= 0.6 is 0 Å². The first-order chi connectivity index (χ1) is 14.4. The van der Waals surface area contributed by atoms with Crippen molar-refractivity contribution >= 4 is 11.6 Å². The molecule has 1 amide bonds. The number of anilines is 1. The van der Waals surface area contributed by atoms with Crippen LogP contribution in [0.3, 0.4) is 0 Å². The molecule has 0 saturated heterocycles.